The number of carbonyl (C=O) groups excluding carboxylic acids is 1. The highest BCUT2D eigenvalue weighted by molar-refractivity contribution is 5.84. The van der Waals surface area contributed by atoms with Crippen molar-refractivity contribution in [3.05, 3.63) is 107 Å². The van der Waals surface area contributed by atoms with Crippen molar-refractivity contribution in [2.75, 3.05) is 13.2 Å². The van der Waals surface area contributed by atoms with Gasteiger partial charge in [0.15, 0.2) is 6.61 Å². The summed E-state index contributed by atoms with van der Waals surface area (Å²) in [5.41, 5.74) is 4.07. The number of fused-ring (bicyclic) bond motifs is 2. The standard InChI is InChI=1S/C28H23FN2O4/c29-21-8-10-25(35-17-27(33)34)23(16-21)28-22-6-2-1-4-19(22)11-13-31(28)26(32)15-18-7-9-24-20(14-18)5-3-12-30-24/h1-10,12,14,16,28H,11,13,15,17H2,(H,33,34). The van der Waals surface area contributed by atoms with Gasteiger partial charge in [0.1, 0.15) is 11.6 Å². The Labute approximate surface area is 201 Å². The molecular weight excluding hydrogens is 447 g/mol. The number of pyridine rings is 1. The Balaban J connectivity index is 1.53. The normalized spacial score (nSPS) is 15.0. The molecule has 2 heterocycles. The van der Waals surface area contributed by atoms with Crippen molar-refractivity contribution in [1.82, 2.24) is 9.88 Å². The quantitative estimate of drug-likeness (QED) is 0.447. The van der Waals surface area contributed by atoms with E-state index in [4.69, 9.17) is 9.84 Å². The number of benzene rings is 3. The number of carboxylic acid groups (broad SMARTS) is 1. The van der Waals surface area contributed by atoms with Crippen LogP contribution in [0, 0.1) is 5.82 Å². The molecule has 0 spiro atoms. The van der Waals surface area contributed by atoms with Crippen LogP contribution in [0.2, 0.25) is 0 Å². The zero-order valence-corrected chi connectivity index (χ0v) is 18.9. The smallest absolute Gasteiger partial charge is 0.341 e. The van der Waals surface area contributed by atoms with E-state index in [1.807, 2.05) is 54.6 Å². The van der Waals surface area contributed by atoms with Gasteiger partial charge in [-0.2, -0.15) is 0 Å². The summed E-state index contributed by atoms with van der Waals surface area (Å²) in [4.78, 5) is 30.8. The van der Waals surface area contributed by atoms with E-state index in [2.05, 4.69) is 4.98 Å². The van der Waals surface area contributed by atoms with Gasteiger partial charge < -0.3 is 14.7 Å². The second-order valence-corrected chi connectivity index (χ2v) is 8.51. The zero-order chi connectivity index (χ0) is 24.4. The first kappa shape index (κ1) is 22.5. The minimum atomic E-state index is -1.14. The minimum Gasteiger partial charge on any atom is -0.482 e. The Morgan fingerprint density at radius 2 is 1.89 bits per heavy atom. The Morgan fingerprint density at radius 1 is 1.03 bits per heavy atom. The summed E-state index contributed by atoms with van der Waals surface area (Å²) in [5, 5.41) is 10.1. The van der Waals surface area contributed by atoms with Gasteiger partial charge in [0.25, 0.3) is 0 Å². The number of amides is 1. The molecule has 1 N–H and O–H groups in total. The number of carbonyl (C=O) groups is 2. The summed E-state index contributed by atoms with van der Waals surface area (Å²) in [6, 6.07) is 20.7. The highest BCUT2D eigenvalue weighted by Crippen LogP contribution is 2.40. The SMILES string of the molecule is O=C(O)COc1ccc(F)cc1C1c2ccccc2CCN1C(=O)Cc1ccc2ncccc2c1. The van der Waals surface area contributed by atoms with E-state index in [1.165, 1.54) is 18.2 Å². The lowest BCUT2D eigenvalue weighted by Crippen LogP contribution is -2.41. The maximum absolute atomic E-state index is 14.4. The van der Waals surface area contributed by atoms with E-state index in [0.717, 1.165) is 27.6 Å². The molecule has 3 aromatic carbocycles. The molecule has 176 valence electrons. The monoisotopic (exact) mass is 470 g/mol. The van der Waals surface area contributed by atoms with Crippen LogP contribution in [0.3, 0.4) is 0 Å². The second-order valence-electron chi connectivity index (χ2n) is 8.51. The van der Waals surface area contributed by atoms with E-state index in [9.17, 15) is 14.0 Å². The van der Waals surface area contributed by atoms with Crippen LogP contribution in [0.5, 0.6) is 5.75 Å². The third-order valence-electron chi connectivity index (χ3n) is 6.24. The second kappa shape index (κ2) is 9.54. The van der Waals surface area contributed by atoms with E-state index < -0.39 is 24.4 Å². The number of hydrogen-bond acceptors (Lipinski definition) is 4. The molecule has 0 saturated carbocycles. The predicted molar refractivity (Wildman–Crippen MR) is 129 cm³/mol. The van der Waals surface area contributed by atoms with Gasteiger partial charge in [-0.05, 0) is 59.5 Å². The number of halogens is 1. The molecule has 0 aliphatic carbocycles. The molecule has 1 unspecified atom stereocenters. The molecule has 0 radical (unpaired) electrons. The van der Waals surface area contributed by atoms with E-state index in [1.54, 1.807) is 11.1 Å². The van der Waals surface area contributed by atoms with Crippen LogP contribution in [0.1, 0.15) is 28.3 Å². The van der Waals surface area contributed by atoms with Crippen LogP contribution in [0.25, 0.3) is 10.9 Å². The van der Waals surface area contributed by atoms with Gasteiger partial charge in [-0.25, -0.2) is 9.18 Å². The summed E-state index contributed by atoms with van der Waals surface area (Å²) < 4.78 is 19.9. The maximum Gasteiger partial charge on any atom is 0.341 e. The summed E-state index contributed by atoms with van der Waals surface area (Å²) in [5.74, 6) is -1.49. The van der Waals surface area contributed by atoms with Crippen LogP contribution < -0.4 is 4.74 Å². The Kier molecular flexibility index (Phi) is 6.14. The molecular formula is C28H23FN2O4. The van der Waals surface area contributed by atoms with Crippen molar-refractivity contribution >= 4 is 22.8 Å². The van der Waals surface area contributed by atoms with Crippen LogP contribution >= 0.6 is 0 Å². The van der Waals surface area contributed by atoms with Crippen molar-refractivity contribution in [2.24, 2.45) is 0 Å². The van der Waals surface area contributed by atoms with Gasteiger partial charge in [0.05, 0.1) is 18.0 Å². The first-order chi connectivity index (χ1) is 17.0. The lowest BCUT2D eigenvalue weighted by atomic mass is 9.87. The number of hydrogen-bond donors (Lipinski definition) is 1. The first-order valence-corrected chi connectivity index (χ1v) is 11.3. The molecule has 1 atom stereocenters. The summed E-state index contributed by atoms with van der Waals surface area (Å²) >= 11 is 0. The predicted octanol–water partition coefficient (Wildman–Crippen LogP) is 4.55. The number of carboxylic acids is 1. The van der Waals surface area contributed by atoms with Crippen molar-refractivity contribution in [3.8, 4) is 5.75 Å². The highest BCUT2D eigenvalue weighted by atomic mass is 19.1. The van der Waals surface area contributed by atoms with E-state index in [-0.39, 0.29) is 18.1 Å². The van der Waals surface area contributed by atoms with Crippen LogP contribution in [0.15, 0.2) is 79.0 Å². The Hall–Kier alpha value is -4.26. The van der Waals surface area contributed by atoms with Crippen molar-refractivity contribution in [3.63, 3.8) is 0 Å². The molecule has 1 aliphatic rings. The third kappa shape index (κ3) is 4.71. The van der Waals surface area contributed by atoms with Gasteiger partial charge in [0, 0.05) is 23.7 Å². The van der Waals surface area contributed by atoms with Gasteiger partial charge >= 0.3 is 5.97 Å². The van der Waals surface area contributed by atoms with Crippen molar-refractivity contribution in [1.29, 1.82) is 0 Å². The van der Waals surface area contributed by atoms with E-state index in [0.29, 0.717) is 18.5 Å². The third-order valence-corrected chi connectivity index (χ3v) is 6.24. The molecule has 7 heteroatoms. The van der Waals surface area contributed by atoms with Gasteiger partial charge in [-0.15, -0.1) is 0 Å². The van der Waals surface area contributed by atoms with Gasteiger partial charge in [0.2, 0.25) is 5.91 Å². The van der Waals surface area contributed by atoms with Crippen LogP contribution in [0.4, 0.5) is 4.39 Å². The summed E-state index contributed by atoms with van der Waals surface area (Å²) in [6.07, 6.45) is 2.57. The topological polar surface area (TPSA) is 79.7 Å². The molecule has 35 heavy (non-hydrogen) atoms. The number of nitrogens with zero attached hydrogens (tertiary/aromatic N) is 2. The first-order valence-electron chi connectivity index (χ1n) is 11.3. The number of aliphatic carboxylic acids is 1. The molecule has 1 amide bonds. The molecule has 0 bridgehead atoms. The molecule has 0 saturated heterocycles. The van der Waals surface area contributed by atoms with Gasteiger partial charge in [-0.3, -0.25) is 9.78 Å². The van der Waals surface area contributed by atoms with Crippen LogP contribution in [-0.4, -0.2) is 40.0 Å². The number of aromatic nitrogens is 1. The largest absolute Gasteiger partial charge is 0.482 e. The Morgan fingerprint density at radius 3 is 2.74 bits per heavy atom. The molecule has 1 aromatic heterocycles. The molecule has 1 aliphatic heterocycles. The van der Waals surface area contributed by atoms with Crippen molar-refractivity contribution < 1.29 is 23.8 Å². The summed E-state index contributed by atoms with van der Waals surface area (Å²) in [7, 11) is 0. The summed E-state index contributed by atoms with van der Waals surface area (Å²) in [6.45, 7) is -0.114. The van der Waals surface area contributed by atoms with Crippen LogP contribution in [-0.2, 0) is 22.4 Å². The fourth-order valence-corrected chi connectivity index (χ4v) is 4.69. The average molecular weight is 471 g/mol. The molecule has 5 rings (SSSR count). The van der Waals surface area contributed by atoms with Gasteiger partial charge in [-0.1, -0.05) is 36.4 Å². The number of ether oxygens (including phenoxy) is 1. The maximum atomic E-state index is 14.4. The fourth-order valence-electron chi connectivity index (χ4n) is 4.69. The fraction of sp³-hybridized carbons (Fsp3) is 0.179. The zero-order valence-electron chi connectivity index (χ0n) is 18.9. The molecule has 0 fully saturated rings. The lowest BCUT2D eigenvalue weighted by Gasteiger charge is -2.38. The Bertz CT molecular complexity index is 1420. The van der Waals surface area contributed by atoms with Crippen molar-refractivity contribution in [2.45, 2.75) is 18.9 Å². The minimum absolute atomic E-state index is 0.110. The lowest BCUT2D eigenvalue weighted by molar-refractivity contribution is -0.139. The molecule has 4 aromatic rings. The van der Waals surface area contributed by atoms with E-state index >= 15 is 0 Å². The highest BCUT2D eigenvalue weighted by Gasteiger charge is 2.34. The average Bonchev–Trinajstić information content (AvgIpc) is 2.87. The number of rotatable bonds is 6. The molecule has 6 nitrogen and oxygen atoms in total.